The largest absolute Gasteiger partial charge is 0.481 e. The van der Waals surface area contributed by atoms with Gasteiger partial charge in [0.1, 0.15) is 0 Å². The fourth-order valence-corrected chi connectivity index (χ4v) is 2.46. The minimum Gasteiger partial charge on any atom is -0.481 e. The van der Waals surface area contributed by atoms with Gasteiger partial charge in [-0.05, 0) is 37.0 Å². The van der Waals surface area contributed by atoms with E-state index in [1.54, 1.807) is 31.4 Å². The fourth-order valence-electron chi connectivity index (χ4n) is 2.46. The average Bonchev–Trinajstić information content (AvgIpc) is 2.33. The first kappa shape index (κ1) is 14.5. The molecule has 0 radical (unpaired) electrons. The number of hydrogen-bond acceptors (Lipinski definition) is 3. The number of anilines is 1. The second-order valence-electron chi connectivity index (χ2n) is 5.24. The summed E-state index contributed by atoms with van der Waals surface area (Å²) in [6, 6.07) is 6.91. The number of carbonyl (C=O) groups excluding carboxylic acids is 1. The third kappa shape index (κ3) is 3.57. The lowest BCUT2D eigenvalue weighted by molar-refractivity contribution is -0.136. The fraction of sp³-hybridized carbons (Fsp3) is 0.467. The molecule has 0 heterocycles. The van der Waals surface area contributed by atoms with Gasteiger partial charge in [0.05, 0.1) is 18.4 Å². The maximum absolute atomic E-state index is 12.0. The van der Waals surface area contributed by atoms with Crippen molar-refractivity contribution in [2.45, 2.75) is 37.7 Å². The number of hydrogen-bond donors (Lipinski definition) is 2. The highest BCUT2D eigenvalue weighted by atomic mass is 16.5. The van der Waals surface area contributed by atoms with Crippen molar-refractivity contribution >= 4 is 17.6 Å². The minimum atomic E-state index is -0.888. The Morgan fingerprint density at radius 1 is 1.40 bits per heavy atom. The number of amides is 1. The Morgan fingerprint density at radius 3 is 2.70 bits per heavy atom. The topological polar surface area (TPSA) is 75.6 Å². The predicted octanol–water partition coefficient (Wildman–Crippen LogP) is 2.21. The van der Waals surface area contributed by atoms with E-state index < -0.39 is 5.97 Å². The van der Waals surface area contributed by atoms with Crippen LogP contribution in [0.4, 0.5) is 5.69 Å². The average molecular weight is 277 g/mol. The van der Waals surface area contributed by atoms with E-state index in [1.165, 1.54) is 0 Å². The van der Waals surface area contributed by atoms with Crippen LogP contribution in [0.15, 0.2) is 24.3 Å². The van der Waals surface area contributed by atoms with Crippen LogP contribution in [0.5, 0.6) is 0 Å². The molecule has 2 rings (SSSR count). The highest BCUT2D eigenvalue weighted by molar-refractivity contribution is 5.91. The third-order valence-corrected chi connectivity index (χ3v) is 3.75. The van der Waals surface area contributed by atoms with Gasteiger partial charge in [-0.3, -0.25) is 9.59 Å². The van der Waals surface area contributed by atoms with Crippen molar-refractivity contribution in [1.29, 1.82) is 0 Å². The minimum absolute atomic E-state index is 0.0499. The molecule has 20 heavy (non-hydrogen) atoms. The van der Waals surface area contributed by atoms with Crippen LogP contribution < -0.4 is 5.32 Å². The van der Waals surface area contributed by atoms with Gasteiger partial charge in [-0.1, -0.05) is 12.1 Å². The highest BCUT2D eigenvalue weighted by Crippen LogP contribution is 2.38. The van der Waals surface area contributed by atoms with Gasteiger partial charge < -0.3 is 15.2 Å². The molecule has 0 atom stereocenters. The molecular formula is C15H19NO4. The number of methoxy groups -OCH3 is 1. The van der Waals surface area contributed by atoms with Gasteiger partial charge in [0.2, 0.25) is 5.91 Å². The first-order valence-corrected chi connectivity index (χ1v) is 6.69. The van der Waals surface area contributed by atoms with Crippen LogP contribution in [0, 0.1) is 0 Å². The molecule has 1 aromatic rings. The summed E-state index contributed by atoms with van der Waals surface area (Å²) in [6.45, 7) is 0. The Labute approximate surface area is 117 Å². The lowest BCUT2D eigenvalue weighted by Crippen LogP contribution is -2.42. The SMILES string of the molecule is COC1(CC(=O)Nc2cccc(CC(=O)O)c2)CCC1. The van der Waals surface area contributed by atoms with E-state index in [0.717, 1.165) is 19.3 Å². The first-order valence-electron chi connectivity index (χ1n) is 6.69. The zero-order valence-corrected chi connectivity index (χ0v) is 11.5. The van der Waals surface area contributed by atoms with Gasteiger partial charge in [0, 0.05) is 12.8 Å². The van der Waals surface area contributed by atoms with Gasteiger partial charge in [0.15, 0.2) is 0 Å². The molecule has 108 valence electrons. The normalized spacial score (nSPS) is 16.2. The molecule has 0 bridgehead atoms. The summed E-state index contributed by atoms with van der Waals surface area (Å²) in [4.78, 5) is 22.7. The molecule has 0 unspecified atom stereocenters. The van der Waals surface area contributed by atoms with Crippen LogP contribution in [0.25, 0.3) is 0 Å². The standard InChI is InChI=1S/C15H19NO4/c1-20-15(6-3-7-15)10-13(17)16-12-5-2-4-11(8-12)9-14(18)19/h2,4-5,8H,3,6-7,9-10H2,1H3,(H,16,17)(H,18,19). The van der Waals surface area contributed by atoms with Gasteiger partial charge in [-0.2, -0.15) is 0 Å². The first-order chi connectivity index (χ1) is 9.53. The summed E-state index contributed by atoms with van der Waals surface area (Å²) in [5.41, 5.74) is 0.989. The van der Waals surface area contributed by atoms with Gasteiger partial charge in [-0.15, -0.1) is 0 Å². The molecule has 0 aromatic heterocycles. The third-order valence-electron chi connectivity index (χ3n) is 3.75. The maximum atomic E-state index is 12.0. The number of carboxylic acid groups (broad SMARTS) is 1. The molecule has 0 spiro atoms. The maximum Gasteiger partial charge on any atom is 0.307 e. The summed E-state index contributed by atoms with van der Waals surface area (Å²) in [7, 11) is 1.64. The van der Waals surface area contributed by atoms with Crippen molar-refractivity contribution in [1.82, 2.24) is 0 Å². The lowest BCUT2D eigenvalue weighted by Gasteiger charge is -2.39. The molecule has 1 amide bonds. The number of nitrogens with one attached hydrogen (secondary N) is 1. The number of aliphatic carboxylic acids is 1. The zero-order chi connectivity index (χ0) is 14.6. The second kappa shape index (κ2) is 6.05. The monoisotopic (exact) mass is 277 g/mol. The van der Waals surface area contributed by atoms with Crippen molar-refractivity contribution < 1.29 is 19.4 Å². The molecule has 0 aliphatic heterocycles. The Bertz CT molecular complexity index is 503. The van der Waals surface area contributed by atoms with Gasteiger partial charge >= 0.3 is 5.97 Å². The Balaban J connectivity index is 1.95. The number of rotatable bonds is 6. The van der Waals surface area contributed by atoms with E-state index in [1.807, 2.05) is 0 Å². The van der Waals surface area contributed by atoms with Crippen LogP contribution >= 0.6 is 0 Å². The van der Waals surface area contributed by atoms with E-state index >= 15 is 0 Å². The zero-order valence-electron chi connectivity index (χ0n) is 11.5. The molecule has 5 heteroatoms. The molecule has 2 N–H and O–H groups in total. The van der Waals surface area contributed by atoms with Crippen molar-refractivity contribution in [3.8, 4) is 0 Å². The van der Waals surface area contributed by atoms with Crippen LogP contribution in [0.1, 0.15) is 31.2 Å². The summed E-state index contributed by atoms with van der Waals surface area (Å²) in [5, 5.41) is 11.6. The van der Waals surface area contributed by atoms with E-state index in [0.29, 0.717) is 17.7 Å². The molecule has 1 fully saturated rings. The van der Waals surface area contributed by atoms with E-state index in [4.69, 9.17) is 9.84 Å². The number of carbonyl (C=O) groups is 2. The summed E-state index contributed by atoms with van der Waals surface area (Å²) in [6.07, 6.45) is 3.21. The number of carboxylic acids is 1. The Morgan fingerprint density at radius 2 is 2.15 bits per heavy atom. The molecule has 1 aliphatic rings. The van der Waals surface area contributed by atoms with Crippen LogP contribution in [0.2, 0.25) is 0 Å². The molecule has 1 aromatic carbocycles. The smallest absolute Gasteiger partial charge is 0.307 e. The van der Waals surface area contributed by atoms with Gasteiger partial charge in [-0.25, -0.2) is 0 Å². The van der Waals surface area contributed by atoms with Crippen LogP contribution in [-0.2, 0) is 20.7 Å². The molecule has 0 saturated heterocycles. The lowest BCUT2D eigenvalue weighted by atomic mass is 9.77. The Kier molecular flexibility index (Phi) is 4.39. The summed E-state index contributed by atoms with van der Waals surface area (Å²) < 4.78 is 5.42. The number of ether oxygens (including phenoxy) is 1. The van der Waals surface area contributed by atoms with Crippen molar-refractivity contribution in [3.63, 3.8) is 0 Å². The molecular weight excluding hydrogens is 258 g/mol. The Hall–Kier alpha value is -1.88. The quantitative estimate of drug-likeness (QED) is 0.836. The number of benzene rings is 1. The van der Waals surface area contributed by atoms with E-state index in [2.05, 4.69) is 5.32 Å². The molecule has 1 saturated carbocycles. The van der Waals surface area contributed by atoms with Crippen LogP contribution in [-0.4, -0.2) is 29.7 Å². The second-order valence-corrected chi connectivity index (χ2v) is 5.24. The molecule has 5 nitrogen and oxygen atoms in total. The van der Waals surface area contributed by atoms with Gasteiger partial charge in [0.25, 0.3) is 0 Å². The van der Waals surface area contributed by atoms with E-state index in [9.17, 15) is 9.59 Å². The molecule has 1 aliphatic carbocycles. The highest BCUT2D eigenvalue weighted by Gasteiger charge is 2.38. The van der Waals surface area contributed by atoms with Crippen molar-refractivity contribution in [2.75, 3.05) is 12.4 Å². The summed E-state index contributed by atoms with van der Waals surface area (Å²) >= 11 is 0. The van der Waals surface area contributed by atoms with E-state index in [-0.39, 0.29) is 17.9 Å². The van der Waals surface area contributed by atoms with Crippen molar-refractivity contribution in [3.05, 3.63) is 29.8 Å². The summed E-state index contributed by atoms with van der Waals surface area (Å²) in [5.74, 6) is -0.986. The van der Waals surface area contributed by atoms with Crippen LogP contribution in [0.3, 0.4) is 0 Å². The van der Waals surface area contributed by atoms with Crippen molar-refractivity contribution in [2.24, 2.45) is 0 Å². The predicted molar refractivity (Wildman–Crippen MR) is 74.6 cm³/mol.